The molecule has 0 aliphatic carbocycles. The van der Waals surface area contributed by atoms with Crippen molar-refractivity contribution in [3.05, 3.63) is 58.6 Å². The van der Waals surface area contributed by atoms with Crippen molar-refractivity contribution in [2.45, 2.75) is 32.6 Å². The quantitative estimate of drug-likeness (QED) is 0.479. The van der Waals surface area contributed by atoms with E-state index in [1.165, 1.54) is 0 Å². The molecule has 0 unspecified atom stereocenters. The van der Waals surface area contributed by atoms with Gasteiger partial charge in [-0.15, -0.1) is 0 Å². The first kappa shape index (κ1) is 19.8. The molecule has 0 bridgehead atoms. The molecule has 0 aliphatic heterocycles. The summed E-state index contributed by atoms with van der Waals surface area (Å²) in [5.41, 5.74) is 8.62. The number of anilines is 2. The van der Waals surface area contributed by atoms with Gasteiger partial charge in [0.1, 0.15) is 0 Å². The minimum atomic E-state index is -0.0808. The van der Waals surface area contributed by atoms with Gasteiger partial charge in [-0.25, -0.2) is 0 Å². The molecule has 4 N–H and O–H groups in total. The van der Waals surface area contributed by atoms with Crippen LogP contribution in [-0.4, -0.2) is 18.4 Å². The van der Waals surface area contributed by atoms with E-state index >= 15 is 0 Å². The second kappa shape index (κ2) is 9.82. The van der Waals surface area contributed by atoms with Gasteiger partial charge < -0.3 is 16.4 Å². The first-order valence-corrected chi connectivity index (χ1v) is 9.03. The number of amides is 2. The van der Waals surface area contributed by atoms with Gasteiger partial charge in [-0.1, -0.05) is 35.7 Å². The molecule has 2 rings (SSSR count). The van der Waals surface area contributed by atoms with Crippen molar-refractivity contribution in [2.24, 2.45) is 0 Å². The molecular weight excluding hydrogens is 350 g/mol. The Morgan fingerprint density at radius 1 is 1.04 bits per heavy atom. The van der Waals surface area contributed by atoms with Crippen LogP contribution in [0.15, 0.2) is 42.5 Å². The Bertz CT molecular complexity index is 760. The third-order valence-corrected chi connectivity index (χ3v) is 4.20. The van der Waals surface area contributed by atoms with Crippen molar-refractivity contribution in [1.29, 1.82) is 0 Å². The number of hydrogen-bond donors (Lipinski definition) is 3. The summed E-state index contributed by atoms with van der Waals surface area (Å²) in [5.74, 6) is -0.149. The Morgan fingerprint density at radius 2 is 1.77 bits per heavy atom. The Kier molecular flexibility index (Phi) is 7.48. The van der Waals surface area contributed by atoms with Crippen molar-refractivity contribution in [2.75, 3.05) is 17.6 Å². The number of unbranched alkanes of at least 4 members (excludes halogenated alkanes) is 2. The van der Waals surface area contributed by atoms with E-state index in [9.17, 15) is 9.59 Å². The SMILES string of the molecule is Cc1ccc(C(=O)NCCCCCC(=O)Nc2ccc(Cl)cc2N)cc1. The lowest BCUT2D eigenvalue weighted by atomic mass is 10.1. The number of rotatable bonds is 8. The molecule has 2 aromatic rings. The maximum Gasteiger partial charge on any atom is 0.251 e. The number of carbonyl (C=O) groups excluding carboxylic acids is 2. The first-order chi connectivity index (χ1) is 12.5. The molecule has 0 heterocycles. The van der Waals surface area contributed by atoms with Gasteiger partial charge in [0.2, 0.25) is 5.91 Å². The number of nitrogen functional groups attached to an aromatic ring is 1. The van der Waals surface area contributed by atoms with Crippen molar-refractivity contribution in [3.63, 3.8) is 0 Å². The Morgan fingerprint density at radius 3 is 2.46 bits per heavy atom. The molecule has 0 fully saturated rings. The van der Waals surface area contributed by atoms with Crippen LogP contribution in [0.2, 0.25) is 5.02 Å². The summed E-state index contributed by atoms with van der Waals surface area (Å²) in [7, 11) is 0. The molecule has 0 saturated heterocycles. The van der Waals surface area contributed by atoms with Crippen LogP contribution < -0.4 is 16.4 Å². The zero-order valence-electron chi connectivity index (χ0n) is 14.8. The molecule has 6 heteroatoms. The summed E-state index contributed by atoms with van der Waals surface area (Å²) in [5, 5.41) is 6.21. The van der Waals surface area contributed by atoms with Crippen LogP contribution in [0, 0.1) is 6.92 Å². The van der Waals surface area contributed by atoms with Crippen LogP contribution in [-0.2, 0) is 4.79 Å². The average Bonchev–Trinajstić information content (AvgIpc) is 2.61. The van der Waals surface area contributed by atoms with Crippen LogP contribution in [0.3, 0.4) is 0 Å². The van der Waals surface area contributed by atoms with Crippen molar-refractivity contribution in [1.82, 2.24) is 5.32 Å². The standard InChI is InChI=1S/C20H24ClN3O2/c1-14-6-8-15(9-7-14)20(26)23-12-4-2-3-5-19(25)24-18-11-10-16(21)13-17(18)22/h6-11,13H,2-5,12,22H2,1H3,(H,23,26)(H,24,25). The van der Waals surface area contributed by atoms with Crippen molar-refractivity contribution < 1.29 is 9.59 Å². The Balaban J connectivity index is 1.60. The van der Waals surface area contributed by atoms with Gasteiger partial charge in [-0.2, -0.15) is 0 Å². The monoisotopic (exact) mass is 373 g/mol. The molecule has 26 heavy (non-hydrogen) atoms. The van der Waals surface area contributed by atoms with Crippen molar-refractivity contribution >= 4 is 34.8 Å². The fourth-order valence-corrected chi connectivity index (χ4v) is 2.64. The van der Waals surface area contributed by atoms with Gasteiger partial charge >= 0.3 is 0 Å². The molecule has 138 valence electrons. The molecular formula is C20H24ClN3O2. The van der Waals surface area contributed by atoms with Crippen LogP contribution >= 0.6 is 11.6 Å². The molecule has 0 aliphatic rings. The van der Waals surface area contributed by atoms with E-state index in [-0.39, 0.29) is 11.8 Å². The third kappa shape index (κ3) is 6.41. The number of nitrogens with two attached hydrogens (primary N) is 1. The number of hydrogen-bond acceptors (Lipinski definition) is 3. The molecule has 0 saturated carbocycles. The van der Waals surface area contributed by atoms with E-state index in [4.69, 9.17) is 17.3 Å². The minimum absolute atomic E-state index is 0.0686. The lowest BCUT2D eigenvalue weighted by Crippen LogP contribution is -2.24. The summed E-state index contributed by atoms with van der Waals surface area (Å²) in [6, 6.07) is 12.4. The smallest absolute Gasteiger partial charge is 0.251 e. The summed E-state index contributed by atoms with van der Waals surface area (Å²) < 4.78 is 0. The molecule has 0 aromatic heterocycles. The van der Waals surface area contributed by atoms with Crippen LogP contribution in [0.5, 0.6) is 0 Å². The summed E-state index contributed by atoms with van der Waals surface area (Å²) in [6.45, 7) is 2.58. The lowest BCUT2D eigenvalue weighted by molar-refractivity contribution is -0.116. The number of nitrogens with one attached hydrogen (secondary N) is 2. The predicted molar refractivity (Wildman–Crippen MR) is 106 cm³/mol. The van der Waals surface area contributed by atoms with Gasteiger partial charge in [-0.05, 0) is 50.1 Å². The third-order valence-electron chi connectivity index (χ3n) is 3.97. The highest BCUT2D eigenvalue weighted by Crippen LogP contribution is 2.22. The number of aryl methyl sites for hydroxylation is 1. The van der Waals surface area contributed by atoms with Crippen LogP contribution in [0.1, 0.15) is 41.6 Å². The van der Waals surface area contributed by atoms with Crippen LogP contribution in [0.25, 0.3) is 0 Å². The van der Waals surface area contributed by atoms with E-state index in [0.29, 0.717) is 34.9 Å². The fourth-order valence-electron chi connectivity index (χ4n) is 2.46. The highest BCUT2D eigenvalue weighted by atomic mass is 35.5. The van der Waals surface area contributed by atoms with Gasteiger partial charge in [0, 0.05) is 23.6 Å². The normalized spacial score (nSPS) is 10.4. The van der Waals surface area contributed by atoms with Gasteiger partial charge in [0.25, 0.3) is 5.91 Å². The van der Waals surface area contributed by atoms with E-state index in [0.717, 1.165) is 24.8 Å². The largest absolute Gasteiger partial charge is 0.397 e. The van der Waals surface area contributed by atoms with Gasteiger partial charge in [0.05, 0.1) is 11.4 Å². The fraction of sp³-hybridized carbons (Fsp3) is 0.300. The number of carbonyl (C=O) groups is 2. The zero-order chi connectivity index (χ0) is 18.9. The predicted octanol–water partition coefficient (Wildman–Crippen LogP) is 4.16. The topological polar surface area (TPSA) is 84.2 Å². The summed E-state index contributed by atoms with van der Waals surface area (Å²) in [6.07, 6.45) is 2.85. The number of benzene rings is 2. The number of halogens is 1. The second-order valence-electron chi connectivity index (χ2n) is 6.21. The molecule has 5 nitrogen and oxygen atoms in total. The summed E-state index contributed by atoms with van der Waals surface area (Å²) >= 11 is 5.83. The van der Waals surface area contributed by atoms with Crippen LogP contribution in [0.4, 0.5) is 11.4 Å². The molecule has 2 amide bonds. The highest BCUT2D eigenvalue weighted by molar-refractivity contribution is 6.31. The van der Waals surface area contributed by atoms with E-state index < -0.39 is 0 Å². The van der Waals surface area contributed by atoms with Crippen molar-refractivity contribution in [3.8, 4) is 0 Å². The molecule has 0 atom stereocenters. The zero-order valence-corrected chi connectivity index (χ0v) is 15.6. The van der Waals surface area contributed by atoms with E-state index in [2.05, 4.69) is 10.6 Å². The molecule has 2 aromatic carbocycles. The van der Waals surface area contributed by atoms with E-state index in [1.54, 1.807) is 18.2 Å². The van der Waals surface area contributed by atoms with Gasteiger partial charge in [0.15, 0.2) is 0 Å². The lowest BCUT2D eigenvalue weighted by Gasteiger charge is -2.09. The Labute approximate surface area is 158 Å². The first-order valence-electron chi connectivity index (χ1n) is 8.65. The minimum Gasteiger partial charge on any atom is -0.397 e. The Hall–Kier alpha value is -2.53. The summed E-state index contributed by atoms with van der Waals surface area (Å²) in [4.78, 5) is 23.9. The molecule has 0 spiro atoms. The average molecular weight is 374 g/mol. The maximum atomic E-state index is 12.0. The molecule has 0 radical (unpaired) electrons. The van der Waals surface area contributed by atoms with E-state index in [1.807, 2.05) is 31.2 Å². The van der Waals surface area contributed by atoms with Gasteiger partial charge in [-0.3, -0.25) is 9.59 Å². The highest BCUT2D eigenvalue weighted by Gasteiger charge is 2.06. The maximum absolute atomic E-state index is 12.0. The second-order valence-corrected chi connectivity index (χ2v) is 6.65.